The van der Waals surface area contributed by atoms with Crippen molar-refractivity contribution in [2.24, 2.45) is 23.5 Å². The number of halogens is 4. The van der Waals surface area contributed by atoms with Crippen LogP contribution in [-0.4, -0.2) is 60.1 Å². The average Bonchev–Trinajstić information content (AvgIpc) is 2.47. The molecule has 0 radical (unpaired) electrons. The molecule has 25 heavy (non-hydrogen) atoms. The maximum atomic E-state index is 12.9. The third kappa shape index (κ3) is 4.80. The minimum atomic E-state index is -4.18. The molecule has 2 bridgehead atoms. The van der Waals surface area contributed by atoms with Crippen molar-refractivity contribution in [1.82, 2.24) is 9.80 Å². The number of carbonyl (C=O) groups is 1. The summed E-state index contributed by atoms with van der Waals surface area (Å²) < 4.78 is 37.8. The number of nitrogens with zero attached hydrogens (tertiary/aromatic N) is 2. The molecule has 3 atom stereocenters. The topological polar surface area (TPSA) is 49.6 Å². The zero-order chi connectivity index (χ0) is 17.5. The number of nitrogens with two attached hydrogens (primary N) is 1. The minimum absolute atomic E-state index is 0. The zero-order valence-corrected chi connectivity index (χ0v) is 15.5. The van der Waals surface area contributed by atoms with Crippen molar-refractivity contribution in [1.29, 1.82) is 0 Å². The summed E-state index contributed by atoms with van der Waals surface area (Å²) in [6.07, 6.45) is 0.949. The summed E-state index contributed by atoms with van der Waals surface area (Å²) in [5.74, 6) is 1.03. The molecule has 3 unspecified atom stereocenters. The SMILES string of the molecule is CC1CN(C(=O)C2CC3CCCC(C2)C3N)CCN1CC(F)(F)F.Cl. The van der Waals surface area contributed by atoms with Crippen LogP contribution in [0.4, 0.5) is 13.2 Å². The number of amides is 1. The predicted molar refractivity (Wildman–Crippen MR) is 92.4 cm³/mol. The molecule has 0 aromatic rings. The van der Waals surface area contributed by atoms with Crippen LogP contribution >= 0.6 is 12.4 Å². The van der Waals surface area contributed by atoms with Gasteiger partial charge >= 0.3 is 6.18 Å². The molecule has 2 N–H and O–H groups in total. The van der Waals surface area contributed by atoms with Gasteiger partial charge in [0.25, 0.3) is 0 Å². The number of hydrogen-bond donors (Lipinski definition) is 1. The Kier molecular flexibility index (Phi) is 6.65. The van der Waals surface area contributed by atoms with E-state index >= 15 is 0 Å². The summed E-state index contributed by atoms with van der Waals surface area (Å²) in [4.78, 5) is 16.1. The van der Waals surface area contributed by atoms with E-state index in [-0.39, 0.29) is 36.3 Å². The highest BCUT2D eigenvalue weighted by Gasteiger charge is 2.43. The van der Waals surface area contributed by atoms with Gasteiger partial charge in [-0.3, -0.25) is 9.69 Å². The second-order valence-electron chi connectivity index (χ2n) is 7.92. The highest BCUT2D eigenvalue weighted by Crippen LogP contribution is 2.42. The largest absolute Gasteiger partial charge is 0.401 e. The smallest absolute Gasteiger partial charge is 0.340 e. The van der Waals surface area contributed by atoms with Gasteiger partial charge in [-0.15, -0.1) is 12.4 Å². The lowest BCUT2D eigenvalue weighted by molar-refractivity contribution is -0.159. The van der Waals surface area contributed by atoms with Gasteiger partial charge in [-0.05, 0) is 44.4 Å². The summed E-state index contributed by atoms with van der Waals surface area (Å²) >= 11 is 0. The first-order valence-corrected chi connectivity index (χ1v) is 9.10. The molecule has 0 aromatic carbocycles. The fraction of sp³-hybridized carbons (Fsp3) is 0.941. The highest BCUT2D eigenvalue weighted by atomic mass is 35.5. The molecule has 0 spiro atoms. The third-order valence-electron chi connectivity index (χ3n) is 6.22. The summed E-state index contributed by atoms with van der Waals surface area (Å²) in [6, 6.07) is -0.0278. The molecule has 8 heteroatoms. The van der Waals surface area contributed by atoms with Crippen LogP contribution in [0.15, 0.2) is 0 Å². The van der Waals surface area contributed by atoms with Crippen LogP contribution in [0.1, 0.15) is 39.0 Å². The van der Waals surface area contributed by atoms with Gasteiger partial charge in [0.1, 0.15) is 0 Å². The Morgan fingerprint density at radius 3 is 2.28 bits per heavy atom. The van der Waals surface area contributed by atoms with Crippen molar-refractivity contribution < 1.29 is 18.0 Å². The van der Waals surface area contributed by atoms with E-state index in [2.05, 4.69) is 0 Å². The van der Waals surface area contributed by atoms with Crippen molar-refractivity contribution in [2.45, 2.75) is 57.3 Å². The first-order chi connectivity index (χ1) is 11.2. The fourth-order valence-corrected chi connectivity index (χ4v) is 4.91. The molecule has 1 heterocycles. The molecule has 3 rings (SSSR count). The van der Waals surface area contributed by atoms with Crippen molar-refractivity contribution in [3.63, 3.8) is 0 Å². The van der Waals surface area contributed by atoms with Crippen LogP contribution in [0.5, 0.6) is 0 Å². The van der Waals surface area contributed by atoms with E-state index in [9.17, 15) is 18.0 Å². The van der Waals surface area contributed by atoms with E-state index in [1.165, 1.54) is 11.3 Å². The lowest BCUT2D eigenvalue weighted by atomic mass is 9.65. The van der Waals surface area contributed by atoms with E-state index in [0.29, 0.717) is 31.5 Å². The third-order valence-corrected chi connectivity index (χ3v) is 6.22. The van der Waals surface area contributed by atoms with Gasteiger partial charge < -0.3 is 10.6 Å². The van der Waals surface area contributed by atoms with E-state index in [4.69, 9.17) is 5.73 Å². The van der Waals surface area contributed by atoms with Gasteiger partial charge in [0.05, 0.1) is 6.54 Å². The van der Waals surface area contributed by atoms with E-state index < -0.39 is 12.7 Å². The van der Waals surface area contributed by atoms with Crippen molar-refractivity contribution in [3.8, 4) is 0 Å². The average molecular weight is 384 g/mol. The summed E-state index contributed by atoms with van der Waals surface area (Å²) in [5, 5.41) is 0. The van der Waals surface area contributed by atoms with Crippen LogP contribution in [0.2, 0.25) is 0 Å². The minimum Gasteiger partial charge on any atom is -0.340 e. The van der Waals surface area contributed by atoms with Gasteiger partial charge in [0.2, 0.25) is 5.91 Å². The van der Waals surface area contributed by atoms with Gasteiger partial charge in [-0.1, -0.05) is 6.42 Å². The lowest BCUT2D eigenvalue weighted by Gasteiger charge is -2.46. The van der Waals surface area contributed by atoms with Crippen LogP contribution in [0.3, 0.4) is 0 Å². The van der Waals surface area contributed by atoms with Crippen LogP contribution < -0.4 is 5.73 Å². The Hall–Kier alpha value is -0.530. The highest BCUT2D eigenvalue weighted by molar-refractivity contribution is 5.85. The van der Waals surface area contributed by atoms with Crippen molar-refractivity contribution in [2.75, 3.05) is 26.2 Å². The summed E-state index contributed by atoms with van der Waals surface area (Å²) in [6.45, 7) is 1.98. The van der Waals surface area contributed by atoms with Gasteiger partial charge in [0.15, 0.2) is 0 Å². The summed E-state index contributed by atoms with van der Waals surface area (Å²) in [7, 11) is 0. The molecule has 4 nitrogen and oxygen atoms in total. The summed E-state index contributed by atoms with van der Waals surface area (Å²) in [5.41, 5.74) is 6.29. The Labute approximate surface area is 153 Å². The normalized spacial score (nSPS) is 36.7. The molecular formula is C17H29ClF3N3O. The number of hydrogen-bond acceptors (Lipinski definition) is 3. The van der Waals surface area contributed by atoms with Crippen LogP contribution in [-0.2, 0) is 4.79 Å². The maximum absolute atomic E-state index is 12.9. The molecule has 0 aromatic heterocycles. The maximum Gasteiger partial charge on any atom is 0.401 e. The van der Waals surface area contributed by atoms with Crippen LogP contribution in [0, 0.1) is 17.8 Å². The van der Waals surface area contributed by atoms with Crippen LogP contribution in [0.25, 0.3) is 0 Å². The fourth-order valence-electron chi connectivity index (χ4n) is 4.91. The molecular weight excluding hydrogens is 355 g/mol. The number of alkyl halides is 3. The molecule has 2 saturated carbocycles. The van der Waals surface area contributed by atoms with Crippen molar-refractivity contribution >= 4 is 18.3 Å². The van der Waals surface area contributed by atoms with Crippen molar-refractivity contribution in [3.05, 3.63) is 0 Å². The zero-order valence-electron chi connectivity index (χ0n) is 14.7. The molecule has 3 fully saturated rings. The second kappa shape index (κ2) is 8.01. The monoisotopic (exact) mass is 383 g/mol. The second-order valence-corrected chi connectivity index (χ2v) is 7.92. The quantitative estimate of drug-likeness (QED) is 0.797. The Balaban J connectivity index is 0.00000225. The predicted octanol–water partition coefficient (Wildman–Crippen LogP) is 2.66. The molecule has 2 aliphatic carbocycles. The lowest BCUT2D eigenvalue weighted by Crippen LogP contribution is -2.57. The number of carbonyl (C=O) groups excluding carboxylic acids is 1. The van der Waals surface area contributed by atoms with Gasteiger partial charge in [-0.25, -0.2) is 0 Å². The molecule has 3 aliphatic rings. The first-order valence-electron chi connectivity index (χ1n) is 9.10. The van der Waals surface area contributed by atoms with E-state index in [1.807, 2.05) is 0 Å². The molecule has 1 saturated heterocycles. The number of piperazine rings is 1. The molecule has 146 valence electrons. The standard InChI is InChI=1S/C17H28F3N3O.ClH/c1-11-9-22(5-6-23(11)10-17(18,19)20)16(24)14-7-12-3-2-4-13(8-14)15(12)21;/h11-15H,2-10,21H2,1H3;1H. The Morgan fingerprint density at radius 1 is 1.16 bits per heavy atom. The number of fused-ring (bicyclic) bond motifs is 2. The van der Waals surface area contributed by atoms with E-state index in [1.54, 1.807) is 11.8 Å². The molecule has 1 aliphatic heterocycles. The van der Waals surface area contributed by atoms with Gasteiger partial charge in [-0.2, -0.15) is 13.2 Å². The van der Waals surface area contributed by atoms with E-state index in [0.717, 1.165) is 25.7 Å². The Bertz CT molecular complexity index is 463. The first kappa shape index (κ1) is 20.8. The Morgan fingerprint density at radius 2 is 1.76 bits per heavy atom. The van der Waals surface area contributed by atoms with Gasteiger partial charge in [0, 0.05) is 37.6 Å². The number of rotatable bonds is 2. The molecule has 1 amide bonds.